The second kappa shape index (κ2) is 5.07. The van der Waals surface area contributed by atoms with Crippen molar-refractivity contribution in [2.45, 2.75) is 12.8 Å². The van der Waals surface area contributed by atoms with Crippen LogP contribution in [0.3, 0.4) is 0 Å². The molecule has 0 atom stereocenters. The number of nitrogens with two attached hydrogens (primary N) is 1. The molecule has 0 unspecified atom stereocenters. The summed E-state index contributed by atoms with van der Waals surface area (Å²) in [7, 11) is 1.63. The summed E-state index contributed by atoms with van der Waals surface area (Å²) < 4.78 is 0. The third kappa shape index (κ3) is 2.29. The minimum atomic E-state index is -0.152. The van der Waals surface area contributed by atoms with E-state index >= 15 is 0 Å². The highest BCUT2D eigenvalue weighted by atomic mass is 16.2. The maximum atomic E-state index is 12.1. The van der Waals surface area contributed by atoms with E-state index in [0.717, 1.165) is 0 Å². The number of carbonyl (C=O) groups excluding carboxylic acids is 2. The van der Waals surface area contributed by atoms with E-state index in [2.05, 4.69) is 15.5 Å². The van der Waals surface area contributed by atoms with E-state index in [1.807, 2.05) is 0 Å². The van der Waals surface area contributed by atoms with Crippen LogP contribution in [-0.4, -0.2) is 47.0 Å². The first-order valence-corrected chi connectivity index (χ1v) is 5.93. The summed E-state index contributed by atoms with van der Waals surface area (Å²) in [6.07, 6.45) is 2.78. The topological polar surface area (TPSA) is 104 Å². The minimum absolute atomic E-state index is 0.00170. The average Bonchev–Trinajstić information content (AvgIpc) is 2.83. The lowest BCUT2D eigenvalue weighted by Gasteiger charge is -2.30. The Bertz CT molecular complexity index is 448. The molecule has 18 heavy (non-hydrogen) atoms. The Morgan fingerprint density at radius 3 is 2.67 bits per heavy atom. The highest BCUT2D eigenvalue weighted by Crippen LogP contribution is 2.20. The van der Waals surface area contributed by atoms with Gasteiger partial charge in [-0.3, -0.25) is 14.7 Å². The van der Waals surface area contributed by atoms with Gasteiger partial charge in [0.2, 0.25) is 5.91 Å². The Morgan fingerprint density at radius 2 is 2.17 bits per heavy atom. The third-order valence-electron chi connectivity index (χ3n) is 3.28. The first kappa shape index (κ1) is 12.4. The molecule has 4 N–H and O–H groups in total. The number of carbonyl (C=O) groups is 2. The number of nitrogens with one attached hydrogen (secondary N) is 2. The molecule has 1 aromatic rings. The molecule has 1 fully saturated rings. The van der Waals surface area contributed by atoms with E-state index in [1.54, 1.807) is 11.9 Å². The fourth-order valence-electron chi connectivity index (χ4n) is 2.17. The number of aromatic amines is 1. The van der Waals surface area contributed by atoms with Crippen molar-refractivity contribution >= 4 is 17.5 Å². The van der Waals surface area contributed by atoms with Crippen molar-refractivity contribution in [2.75, 3.05) is 25.9 Å². The van der Waals surface area contributed by atoms with E-state index in [1.165, 1.54) is 6.20 Å². The number of anilines is 1. The van der Waals surface area contributed by atoms with Gasteiger partial charge in [0.1, 0.15) is 5.69 Å². The molecule has 98 valence electrons. The predicted octanol–water partition coefficient (Wildman–Crippen LogP) is -0.410. The van der Waals surface area contributed by atoms with Gasteiger partial charge < -0.3 is 16.0 Å². The quantitative estimate of drug-likeness (QED) is 0.664. The molecule has 0 bridgehead atoms. The van der Waals surface area contributed by atoms with Crippen LogP contribution in [0, 0.1) is 5.92 Å². The second-order valence-electron chi connectivity index (χ2n) is 4.38. The fraction of sp³-hybridized carbons (Fsp3) is 0.545. The van der Waals surface area contributed by atoms with Crippen LogP contribution < -0.4 is 11.1 Å². The second-order valence-corrected chi connectivity index (χ2v) is 4.38. The van der Waals surface area contributed by atoms with Crippen molar-refractivity contribution in [1.29, 1.82) is 0 Å². The van der Waals surface area contributed by atoms with Gasteiger partial charge in [-0.2, -0.15) is 5.10 Å². The van der Waals surface area contributed by atoms with Crippen molar-refractivity contribution in [3.8, 4) is 0 Å². The van der Waals surface area contributed by atoms with Crippen LogP contribution in [0.5, 0.6) is 0 Å². The summed E-state index contributed by atoms with van der Waals surface area (Å²) in [5, 5.41) is 8.97. The zero-order chi connectivity index (χ0) is 13.1. The molecule has 2 rings (SSSR count). The van der Waals surface area contributed by atoms with Crippen molar-refractivity contribution in [3.05, 3.63) is 11.9 Å². The van der Waals surface area contributed by atoms with E-state index in [4.69, 9.17) is 5.73 Å². The monoisotopic (exact) mass is 251 g/mol. The number of H-pyrrole nitrogens is 1. The van der Waals surface area contributed by atoms with Crippen LogP contribution in [0.15, 0.2) is 6.20 Å². The number of nitrogen functional groups attached to an aromatic ring is 1. The maximum Gasteiger partial charge on any atom is 0.274 e. The lowest BCUT2D eigenvalue weighted by atomic mass is 9.96. The number of hydrogen-bond acceptors (Lipinski definition) is 4. The SMILES string of the molecule is CNC(=O)C1CCN(C(=O)c2[nH]ncc2N)CC1. The van der Waals surface area contributed by atoms with E-state index < -0.39 is 0 Å². The van der Waals surface area contributed by atoms with Gasteiger partial charge in [-0.1, -0.05) is 0 Å². The molecule has 0 radical (unpaired) electrons. The van der Waals surface area contributed by atoms with Crippen LogP contribution in [0.4, 0.5) is 5.69 Å². The van der Waals surface area contributed by atoms with Crippen molar-refractivity contribution < 1.29 is 9.59 Å². The Balaban J connectivity index is 1.96. The van der Waals surface area contributed by atoms with Gasteiger partial charge in [-0.05, 0) is 12.8 Å². The molecule has 0 saturated carbocycles. The Hall–Kier alpha value is -2.05. The standard InChI is InChI=1S/C11H17N5O2/c1-13-10(17)7-2-4-16(5-3-7)11(18)9-8(12)6-14-15-9/h6-7H,2-5,12H2,1H3,(H,13,17)(H,14,15). The van der Waals surface area contributed by atoms with Crippen LogP contribution in [0.1, 0.15) is 23.3 Å². The van der Waals surface area contributed by atoms with Crippen LogP contribution in [0.25, 0.3) is 0 Å². The summed E-state index contributed by atoms with van der Waals surface area (Å²) in [6.45, 7) is 1.13. The number of nitrogens with zero attached hydrogens (tertiary/aromatic N) is 2. The van der Waals surface area contributed by atoms with Crippen LogP contribution >= 0.6 is 0 Å². The molecule has 2 amide bonds. The smallest absolute Gasteiger partial charge is 0.274 e. The highest BCUT2D eigenvalue weighted by Gasteiger charge is 2.28. The predicted molar refractivity (Wildman–Crippen MR) is 65.7 cm³/mol. The van der Waals surface area contributed by atoms with Crippen molar-refractivity contribution in [3.63, 3.8) is 0 Å². The maximum absolute atomic E-state index is 12.1. The summed E-state index contributed by atoms with van der Waals surface area (Å²) >= 11 is 0. The summed E-state index contributed by atoms with van der Waals surface area (Å²) in [6, 6.07) is 0. The largest absolute Gasteiger partial charge is 0.396 e. The third-order valence-corrected chi connectivity index (χ3v) is 3.28. The van der Waals surface area contributed by atoms with Crippen molar-refractivity contribution in [2.24, 2.45) is 5.92 Å². The molecule has 1 aromatic heterocycles. The summed E-state index contributed by atoms with van der Waals surface area (Å²) in [5.41, 5.74) is 6.32. The minimum Gasteiger partial charge on any atom is -0.396 e. The molecule has 7 heteroatoms. The zero-order valence-corrected chi connectivity index (χ0v) is 10.3. The molecule has 1 aliphatic heterocycles. The van der Waals surface area contributed by atoms with Gasteiger partial charge in [-0.15, -0.1) is 0 Å². The molecular weight excluding hydrogens is 234 g/mol. The zero-order valence-electron chi connectivity index (χ0n) is 10.3. The van der Waals surface area contributed by atoms with Gasteiger partial charge in [0.25, 0.3) is 5.91 Å². The number of amides is 2. The lowest BCUT2D eigenvalue weighted by Crippen LogP contribution is -2.42. The normalized spacial score (nSPS) is 16.6. The highest BCUT2D eigenvalue weighted by molar-refractivity contribution is 5.97. The molecule has 7 nitrogen and oxygen atoms in total. The molecule has 0 aliphatic carbocycles. The van der Waals surface area contributed by atoms with Crippen molar-refractivity contribution in [1.82, 2.24) is 20.4 Å². The number of hydrogen-bond donors (Lipinski definition) is 3. The van der Waals surface area contributed by atoms with Gasteiger partial charge in [-0.25, -0.2) is 0 Å². The molecule has 0 aromatic carbocycles. The molecular formula is C11H17N5O2. The average molecular weight is 251 g/mol. The Morgan fingerprint density at radius 1 is 1.50 bits per heavy atom. The lowest BCUT2D eigenvalue weighted by molar-refractivity contribution is -0.125. The molecule has 1 saturated heterocycles. The summed E-state index contributed by atoms with van der Waals surface area (Å²) in [5.74, 6) is -0.110. The fourth-order valence-corrected chi connectivity index (χ4v) is 2.17. The van der Waals surface area contributed by atoms with Gasteiger partial charge in [0.05, 0.1) is 11.9 Å². The van der Waals surface area contributed by atoms with Gasteiger partial charge in [0.15, 0.2) is 0 Å². The van der Waals surface area contributed by atoms with E-state index in [9.17, 15) is 9.59 Å². The van der Waals surface area contributed by atoms with Gasteiger partial charge in [0, 0.05) is 26.1 Å². The van der Waals surface area contributed by atoms with E-state index in [-0.39, 0.29) is 17.7 Å². The Labute approximate surface area is 105 Å². The molecule has 1 aliphatic rings. The number of likely N-dealkylation sites (tertiary alicyclic amines) is 1. The van der Waals surface area contributed by atoms with Gasteiger partial charge >= 0.3 is 0 Å². The number of aromatic nitrogens is 2. The Kier molecular flexibility index (Phi) is 3.50. The summed E-state index contributed by atoms with van der Waals surface area (Å²) in [4.78, 5) is 25.3. The molecule has 0 spiro atoms. The van der Waals surface area contributed by atoms with Crippen LogP contribution in [-0.2, 0) is 4.79 Å². The first-order chi connectivity index (χ1) is 8.63. The number of rotatable bonds is 2. The van der Waals surface area contributed by atoms with Crippen LogP contribution in [0.2, 0.25) is 0 Å². The number of piperidine rings is 1. The first-order valence-electron chi connectivity index (χ1n) is 5.93. The van der Waals surface area contributed by atoms with E-state index in [0.29, 0.717) is 37.3 Å². The molecule has 2 heterocycles.